The first-order valence-corrected chi connectivity index (χ1v) is 7.14. The van der Waals surface area contributed by atoms with E-state index in [1.165, 1.54) is 16.8 Å². The Morgan fingerprint density at radius 1 is 1.04 bits per heavy atom. The normalized spacial score (nSPS) is 9.81. The van der Waals surface area contributed by atoms with E-state index in [1.807, 2.05) is 0 Å². The van der Waals surface area contributed by atoms with Gasteiger partial charge in [0, 0.05) is 14.1 Å². The molecule has 26 heavy (non-hydrogen) atoms. The molecule has 14 nitrogen and oxygen atoms in total. The fraction of sp³-hybridized carbons (Fsp3) is 0.500. The summed E-state index contributed by atoms with van der Waals surface area (Å²) in [6, 6.07) is 0. The molecular formula is C12H18N6O8. The van der Waals surface area contributed by atoms with Gasteiger partial charge < -0.3 is 19.6 Å². The number of nitrogens with zero attached hydrogens (tertiary/aromatic N) is 4. The van der Waals surface area contributed by atoms with Crippen molar-refractivity contribution in [2.24, 2.45) is 0 Å². The molecule has 0 saturated carbocycles. The predicted octanol–water partition coefficient (Wildman–Crippen LogP) is -1.75. The van der Waals surface area contributed by atoms with Gasteiger partial charge in [0.2, 0.25) is 11.9 Å². The van der Waals surface area contributed by atoms with Crippen LogP contribution in [0.4, 0.5) is 11.9 Å². The van der Waals surface area contributed by atoms with E-state index in [2.05, 4.69) is 29.3 Å². The van der Waals surface area contributed by atoms with Crippen LogP contribution in [0.2, 0.25) is 0 Å². The third kappa shape index (κ3) is 6.90. The van der Waals surface area contributed by atoms with Crippen LogP contribution in [0.3, 0.4) is 0 Å². The molecule has 0 fully saturated rings. The average Bonchev–Trinajstić information content (AvgIpc) is 3.16. The van der Waals surface area contributed by atoms with Crippen LogP contribution in [-0.4, -0.2) is 71.1 Å². The van der Waals surface area contributed by atoms with Crippen LogP contribution in [-0.2, 0) is 14.3 Å². The lowest BCUT2D eigenvalue weighted by Crippen LogP contribution is -2.28. The Kier molecular flexibility index (Phi) is 7.60. The van der Waals surface area contributed by atoms with Crippen LogP contribution in [0, 0.1) is 0 Å². The number of ether oxygens (including phenoxy) is 1. The summed E-state index contributed by atoms with van der Waals surface area (Å²) in [6.45, 7) is 1.80. The molecule has 0 aliphatic carbocycles. The lowest BCUT2D eigenvalue weighted by molar-refractivity contribution is -0.141. The fourth-order valence-electron chi connectivity index (χ4n) is 1.53. The van der Waals surface area contributed by atoms with Gasteiger partial charge in [0.1, 0.15) is 13.1 Å². The molecule has 0 aliphatic heterocycles. The monoisotopic (exact) mass is 374 g/mol. The first kappa shape index (κ1) is 20.5. The van der Waals surface area contributed by atoms with Crippen LogP contribution in [0.1, 0.15) is 6.92 Å². The number of aliphatic carboxylic acids is 1. The number of nitrogens with one attached hydrogen (secondary N) is 2. The van der Waals surface area contributed by atoms with Gasteiger partial charge >= 0.3 is 23.5 Å². The van der Waals surface area contributed by atoms with Crippen molar-refractivity contribution in [1.82, 2.24) is 20.3 Å². The van der Waals surface area contributed by atoms with Crippen molar-refractivity contribution >= 4 is 23.8 Å². The van der Waals surface area contributed by atoms with Crippen molar-refractivity contribution < 1.29 is 28.5 Å². The second-order valence-electron chi connectivity index (χ2n) is 4.75. The van der Waals surface area contributed by atoms with Gasteiger partial charge in [-0.15, -0.1) is 0 Å². The largest absolute Gasteiger partial charge is 0.480 e. The fourth-order valence-corrected chi connectivity index (χ4v) is 1.53. The summed E-state index contributed by atoms with van der Waals surface area (Å²) in [6.07, 6.45) is 0. The van der Waals surface area contributed by atoms with Crippen LogP contribution in [0.5, 0.6) is 0 Å². The van der Waals surface area contributed by atoms with Gasteiger partial charge in [-0.2, -0.15) is 0 Å². The number of carboxylic acid groups (broad SMARTS) is 1. The highest BCUT2D eigenvalue weighted by Gasteiger charge is 2.11. The Bertz CT molecular complexity index is 820. The molecule has 2 rings (SSSR count). The van der Waals surface area contributed by atoms with E-state index in [9.17, 15) is 19.2 Å². The number of hydrogen-bond donors (Lipinski definition) is 3. The number of likely N-dealkylation sites (N-methyl/N-ethyl adjacent to an activating group) is 2. The maximum Gasteiger partial charge on any atom is 0.440 e. The maximum absolute atomic E-state index is 11.0. The molecule has 144 valence electrons. The zero-order valence-corrected chi connectivity index (χ0v) is 14.2. The molecule has 0 radical (unpaired) electrons. The molecule has 0 amide bonds. The minimum absolute atomic E-state index is 0.0102. The van der Waals surface area contributed by atoms with Crippen LogP contribution >= 0.6 is 0 Å². The Morgan fingerprint density at radius 2 is 1.50 bits per heavy atom. The molecule has 3 N–H and O–H groups in total. The number of aromatic amines is 2. The Morgan fingerprint density at radius 3 is 1.85 bits per heavy atom. The molecule has 2 aromatic heterocycles. The molecule has 0 atom stereocenters. The number of anilines is 2. The molecule has 0 aromatic carbocycles. The van der Waals surface area contributed by atoms with E-state index in [0.717, 1.165) is 0 Å². The minimum atomic E-state index is -1.01. The van der Waals surface area contributed by atoms with Gasteiger partial charge in [0.15, 0.2) is 0 Å². The molecule has 2 aromatic rings. The molecule has 0 saturated heterocycles. The highest BCUT2D eigenvalue weighted by molar-refractivity contribution is 5.74. The molecule has 0 spiro atoms. The highest BCUT2D eigenvalue weighted by Crippen LogP contribution is 2.00. The van der Waals surface area contributed by atoms with Crippen LogP contribution in [0.25, 0.3) is 0 Å². The maximum atomic E-state index is 11.0. The second-order valence-corrected chi connectivity index (χ2v) is 4.75. The molecule has 2 heterocycles. The number of carboxylic acids is 1. The van der Waals surface area contributed by atoms with E-state index in [-0.39, 0.29) is 31.0 Å². The van der Waals surface area contributed by atoms with Crippen molar-refractivity contribution in [1.29, 1.82) is 0 Å². The second kappa shape index (κ2) is 9.65. The number of H-pyrrole nitrogens is 2. The number of rotatable bonds is 7. The topological polar surface area (TPSA) is 188 Å². The predicted molar refractivity (Wildman–Crippen MR) is 85.1 cm³/mol. The Labute approximate surface area is 145 Å². The van der Waals surface area contributed by atoms with E-state index in [0.29, 0.717) is 6.61 Å². The number of hydrogen-bond acceptors (Lipinski definition) is 11. The van der Waals surface area contributed by atoms with Crippen LogP contribution < -0.4 is 21.3 Å². The van der Waals surface area contributed by atoms with Crippen molar-refractivity contribution in [2.75, 3.05) is 43.6 Å². The summed E-state index contributed by atoms with van der Waals surface area (Å²) >= 11 is 0. The zero-order chi connectivity index (χ0) is 19.7. The zero-order valence-electron chi connectivity index (χ0n) is 14.2. The Balaban J connectivity index is 0.000000263. The van der Waals surface area contributed by atoms with Gasteiger partial charge in [-0.25, -0.2) is 9.59 Å². The summed E-state index contributed by atoms with van der Waals surface area (Å²) in [5.74, 6) is -2.47. The van der Waals surface area contributed by atoms with Gasteiger partial charge in [0.05, 0.1) is 6.61 Å². The van der Waals surface area contributed by atoms with Crippen molar-refractivity contribution in [2.45, 2.75) is 6.92 Å². The molecule has 14 heteroatoms. The SMILES string of the molecule is CCOC(=O)CN(C)c1noc(=O)[nH]1.CN(CC(=O)O)c1noc(=O)[nH]1. The average molecular weight is 374 g/mol. The van der Waals surface area contributed by atoms with Crippen molar-refractivity contribution in [3.8, 4) is 0 Å². The molecular weight excluding hydrogens is 356 g/mol. The smallest absolute Gasteiger partial charge is 0.440 e. The van der Waals surface area contributed by atoms with E-state index >= 15 is 0 Å². The molecule has 0 unspecified atom stereocenters. The van der Waals surface area contributed by atoms with E-state index in [4.69, 9.17) is 9.84 Å². The first-order valence-electron chi connectivity index (χ1n) is 7.14. The molecule has 0 aliphatic rings. The summed E-state index contributed by atoms with van der Waals surface area (Å²) in [5.41, 5.74) is 0. The van der Waals surface area contributed by atoms with Gasteiger partial charge in [-0.1, -0.05) is 0 Å². The van der Waals surface area contributed by atoms with E-state index in [1.54, 1.807) is 14.0 Å². The number of carbonyl (C=O) groups excluding carboxylic acids is 1. The van der Waals surface area contributed by atoms with Crippen molar-refractivity contribution in [3.63, 3.8) is 0 Å². The highest BCUT2D eigenvalue weighted by atomic mass is 16.5. The third-order valence-corrected chi connectivity index (χ3v) is 2.62. The minimum Gasteiger partial charge on any atom is -0.480 e. The summed E-state index contributed by atoms with van der Waals surface area (Å²) < 4.78 is 13.2. The summed E-state index contributed by atoms with van der Waals surface area (Å²) in [5, 5.41) is 15.1. The third-order valence-electron chi connectivity index (χ3n) is 2.62. The summed E-state index contributed by atoms with van der Waals surface area (Å²) in [4.78, 5) is 49.4. The quantitative estimate of drug-likeness (QED) is 0.464. The Hall–Kier alpha value is -3.58. The van der Waals surface area contributed by atoms with Crippen molar-refractivity contribution in [3.05, 3.63) is 21.1 Å². The summed E-state index contributed by atoms with van der Waals surface area (Å²) in [7, 11) is 3.06. The van der Waals surface area contributed by atoms with Gasteiger partial charge in [-0.3, -0.25) is 28.6 Å². The number of aromatic nitrogens is 4. The lowest BCUT2D eigenvalue weighted by Gasteiger charge is -2.12. The van der Waals surface area contributed by atoms with Crippen LogP contribution in [0.15, 0.2) is 18.6 Å². The number of carbonyl (C=O) groups is 2. The van der Waals surface area contributed by atoms with E-state index < -0.39 is 17.5 Å². The number of esters is 1. The standard InChI is InChI=1S/C7H11N3O4.C5H7N3O4/c1-3-13-5(11)4-10(2)6-8-7(12)14-9-6;1-8(2-3(9)10)4-6-5(11)12-7-4/h3-4H2,1-2H3,(H,8,9,12);2H2,1H3,(H,9,10)(H,6,7,11). The lowest BCUT2D eigenvalue weighted by atomic mass is 10.6. The van der Waals surface area contributed by atoms with Gasteiger partial charge in [-0.05, 0) is 17.2 Å². The molecule has 0 bridgehead atoms. The first-order chi connectivity index (χ1) is 12.2. The van der Waals surface area contributed by atoms with Gasteiger partial charge in [0.25, 0.3) is 0 Å².